The summed E-state index contributed by atoms with van der Waals surface area (Å²) in [4.78, 5) is 4.84. The molecule has 21 heavy (non-hydrogen) atoms. The van der Waals surface area contributed by atoms with E-state index in [-0.39, 0.29) is 0 Å². The average Bonchev–Trinajstić information content (AvgIpc) is 3.20. The maximum Gasteiger partial charge on any atom is 0.141 e. The van der Waals surface area contributed by atoms with Gasteiger partial charge in [0.2, 0.25) is 0 Å². The minimum Gasteiger partial charge on any atom is -0.399 e. The van der Waals surface area contributed by atoms with Crippen LogP contribution in [0, 0.1) is 6.92 Å². The van der Waals surface area contributed by atoms with Gasteiger partial charge in [-0.3, -0.25) is 0 Å². The van der Waals surface area contributed by atoms with Gasteiger partial charge in [-0.2, -0.15) is 0 Å². The fourth-order valence-corrected chi connectivity index (χ4v) is 3.06. The number of hydrogen-bond acceptors (Lipinski definition) is 2. The zero-order chi connectivity index (χ0) is 14.6. The minimum atomic E-state index is 0.542. The van der Waals surface area contributed by atoms with E-state index in [2.05, 4.69) is 17.6 Å². The molecule has 1 aliphatic carbocycles. The smallest absolute Gasteiger partial charge is 0.141 e. The maximum absolute atomic E-state index is 6.17. The van der Waals surface area contributed by atoms with Gasteiger partial charge in [0.1, 0.15) is 5.82 Å². The number of anilines is 1. The number of nitrogen functional groups attached to an aromatic ring is 1. The number of aryl methyl sites for hydroxylation is 1. The lowest BCUT2D eigenvalue weighted by molar-refractivity contribution is 0.775. The monoisotopic (exact) mass is 297 g/mol. The predicted molar refractivity (Wildman–Crippen MR) is 87.6 cm³/mol. The van der Waals surface area contributed by atoms with Gasteiger partial charge in [-0.25, -0.2) is 4.98 Å². The SMILES string of the molecule is Cc1cc(N)ccc1-c1nc2ccc(Cl)cc2n1C1CC1. The molecule has 3 nitrogen and oxygen atoms in total. The summed E-state index contributed by atoms with van der Waals surface area (Å²) >= 11 is 6.17. The molecule has 1 fully saturated rings. The summed E-state index contributed by atoms with van der Waals surface area (Å²) in [5.41, 5.74) is 11.1. The Labute approximate surface area is 128 Å². The predicted octanol–water partition coefficient (Wildman–Crippen LogP) is 4.58. The standard InChI is InChI=1S/C17H16ClN3/c1-10-8-12(19)3-6-14(10)17-20-15-7-2-11(18)9-16(15)21(17)13-4-5-13/h2-3,6-9,13H,4-5,19H2,1H3. The van der Waals surface area contributed by atoms with Crippen molar-refractivity contribution in [2.24, 2.45) is 0 Å². The fraction of sp³-hybridized carbons (Fsp3) is 0.235. The van der Waals surface area contributed by atoms with Gasteiger partial charge in [-0.15, -0.1) is 0 Å². The Bertz CT molecular complexity index is 847. The van der Waals surface area contributed by atoms with E-state index < -0.39 is 0 Å². The summed E-state index contributed by atoms with van der Waals surface area (Å²) in [6.07, 6.45) is 2.41. The normalized spacial score (nSPS) is 14.8. The summed E-state index contributed by atoms with van der Waals surface area (Å²) in [7, 11) is 0. The zero-order valence-electron chi connectivity index (χ0n) is 11.8. The van der Waals surface area contributed by atoms with Crippen LogP contribution in [0.4, 0.5) is 5.69 Å². The molecule has 3 aromatic rings. The Morgan fingerprint density at radius 2 is 2.00 bits per heavy atom. The van der Waals surface area contributed by atoms with Gasteiger partial charge in [0, 0.05) is 22.3 Å². The molecule has 0 amide bonds. The number of hydrogen-bond donors (Lipinski definition) is 1. The van der Waals surface area contributed by atoms with Crippen LogP contribution < -0.4 is 5.73 Å². The lowest BCUT2D eigenvalue weighted by atomic mass is 10.1. The molecule has 1 aromatic heterocycles. The molecular formula is C17H16ClN3. The third-order valence-corrected chi connectivity index (χ3v) is 4.29. The second-order valence-corrected chi connectivity index (χ2v) is 6.18. The summed E-state index contributed by atoms with van der Waals surface area (Å²) < 4.78 is 2.33. The summed E-state index contributed by atoms with van der Waals surface area (Å²) in [5.74, 6) is 1.02. The summed E-state index contributed by atoms with van der Waals surface area (Å²) in [6.45, 7) is 2.08. The van der Waals surface area contributed by atoms with Crippen molar-refractivity contribution in [3.05, 3.63) is 47.0 Å². The minimum absolute atomic E-state index is 0.542. The van der Waals surface area contributed by atoms with Crippen molar-refractivity contribution in [1.82, 2.24) is 9.55 Å². The lowest BCUT2D eigenvalue weighted by Gasteiger charge is -2.10. The first-order valence-electron chi connectivity index (χ1n) is 7.17. The Morgan fingerprint density at radius 3 is 2.71 bits per heavy atom. The molecule has 1 aliphatic rings. The molecule has 0 spiro atoms. The Kier molecular flexibility index (Phi) is 2.73. The highest BCUT2D eigenvalue weighted by Crippen LogP contribution is 2.42. The number of nitrogens with two attached hydrogens (primary N) is 1. The van der Waals surface area contributed by atoms with Crippen LogP contribution in [0.15, 0.2) is 36.4 Å². The molecule has 0 bridgehead atoms. The van der Waals surface area contributed by atoms with E-state index in [4.69, 9.17) is 22.3 Å². The second kappa shape index (κ2) is 4.50. The molecule has 0 saturated heterocycles. The molecule has 1 heterocycles. The van der Waals surface area contributed by atoms with Crippen molar-refractivity contribution in [2.75, 3.05) is 5.73 Å². The number of aromatic nitrogens is 2. The Balaban J connectivity index is 2.01. The lowest BCUT2D eigenvalue weighted by Crippen LogP contribution is -1.99. The van der Waals surface area contributed by atoms with E-state index in [0.717, 1.165) is 38.7 Å². The van der Waals surface area contributed by atoms with Crippen molar-refractivity contribution >= 4 is 28.3 Å². The molecule has 0 atom stereocenters. The first kappa shape index (κ1) is 12.7. The first-order valence-corrected chi connectivity index (χ1v) is 7.55. The van der Waals surface area contributed by atoms with Crippen LogP contribution in [0.5, 0.6) is 0 Å². The highest BCUT2D eigenvalue weighted by atomic mass is 35.5. The van der Waals surface area contributed by atoms with Gasteiger partial charge in [-0.05, 0) is 61.7 Å². The van der Waals surface area contributed by atoms with Gasteiger partial charge in [0.15, 0.2) is 0 Å². The largest absolute Gasteiger partial charge is 0.399 e. The van der Waals surface area contributed by atoms with Crippen LogP contribution in [0.25, 0.3) is 22.4 Å². The third kappa shape index (κ3) is 2.09. The molecule has 106 valence electrons. The molecule has 0 unspecified atom stereocenters. The molecule has 2 aromatic carbocycles. The zero-order valence-corrected chi connectivity index (χ0v) is 12.6. The summed E-state index contributed by atoms with van der Waals surface area (Å²) in [6, 6.07) is 12.4. The second-order valence-electron chi connectivity index (χ2n) is 5.74. The highest BCUT2D eigenvalue weighted by molar-refractivity contribution is 6.31. The molecule has 4 heteroatoms. The first-order chi connectivity index (χ1) is 10.1. The van der Waals surface area contributed by atoms with Crippen LogP contribution in [0.1, 0.15) is 24.4 Å². The average molecular weight is 298 g/mol. The van der Waals surface area contributed by atoms with Crippen molar-refractivity contribution in [3.63, 3.8) is 0 Å². The van der Waals surface area contributed by atoms with E-state index in [1.54, 1.807) is 0 Å². The number of halogens is 1. The summed E-state index contributed by atoms with van der Waals surface area (Å²) in [5, 5.41) is 0.755. The van der Waals surface area contributed by atoms with E-state index in [1.807, 2.05) is 30.3 Å². The van der Waals surface area contributed by atoms with E-state index in [1.165, 1.54) is 12.8 Å². The molecule has 0 radical (unpaired) electrons. The van der Waals surface area contributed by atoms with Gasteiger partial charge in [0.05, 0.1) is 11.0 Å². The molecular weight excluding hydrogens is 282 g/mol. The molecule has 0 aliphatic heterocycles. The maximum atomic E-state index is 6.17. The highest BCUT2D eigenvalue weighted by Gasteiger charge is 2.29. The van der Waals surface area contributed by atoms with Crippen LogP contribution >= 0.6 is 11.6 Å². The molecule has 1 saturated carbocycles. The fourth-order valence-electron chi connectivity index (χ4n) is 2.90. The van der Waals surface area contributed by atoms with E-state index in [0.29, 0.717) is 6.04 Å². The van der Waals surface area contributed by atoms with Crippen molar-refractivity contribution < 1.29 is 0 Å². The number of rotatable bonds is 2. The Morgan fingerprint density at radius 1 is 1.19 bits per heavy atom. The van der Waals surface area contributed by atoms with Crippen molar-refractivity contribution in [3.8, 4) is 11.4 Å². The molecule has 2 N–H and O–H groups in total. The van der Waals surface area contributed by atoms with Crippen molar-refractivity contribution in [2.45, 2.75) is 25.8 Å². The van der Waals surface area contributed by atoms with Gasteiger partial charge >= 0.3 is 0 Å². The molecule has 4 rings (SSSR count). The Hall–Kier alpha value is -2.00. The van der Waals surface area contributed by atoms with E-state index >= 15 is 0 Å². The number of imidazole rings is 1. The third-order valence-electron chi connectivity index (χ3n) is 4.05. The van der Waals surface area contributed by atoms with Gasteiger partial charge < -0.3 is 10.3 Å². The van der Waals surface area contributed by atoms with Crippen LogP contribution in [0.3, 0.4) is 0 Å². The number of fused-ring (bicyclic) bond motifs is 1. The van der Waals surface area contributed by atoms with Crippen molar-refractivity contribution in [1.29, 1.82) is 0 Å². The van der Waals surface area contributed by atoms with Gasteiger partial charge in [-0.1, -0.05) is 11.6 Å². The van der Waals surface area contributed by atoms with Crippen LogP contribution in [0.2, 0.25) is 5.02 Å². The number of benzene rings is 2. The van der Waals surface area contributed by atoms with Gasteiger partial charge in [0.25, 0.3) is 0 Å². The topological polar surface area (TPSA) is 43.8 Å². The van der Waals surface area contributed by atoms with Crippen LogP contribution in [-0.2, 0) is 0 Å². The quantitative estimate of drug-likeness (QED) is 0.703. The van der Waals surface area contributed by atoms with Crippen LogP contribution in [-0.4, -0.2) is 9.55 Å². The number of nitrogens with zero attached hydrogens (tertiary/aromatic N) is 2. The van der Waals surface area contributed by atoms with E-state index in [9.17, 15) is 0 Å².